The summed E-state index contributed by atoms with van der Waals surface area (Å²) in [5.74, 6) is -3.71. The number of ketones is 2. The van der Waals surface area contributed by atoms with E-state index >= 15 is 0 Å². The van der Waals surface area contributed by atoms with E-state index in [4.69, 9.17) is 15.6 Å². The average Bonchev–Trinajstić information content (AvgIpc) is 3.01. The van der Waals surface area contributed by atoms with Crippen molar-refractivity contribution >= 4 is 39.3 Å². The zero-order valence-corrected chi connectivity index (χ0v) is 21.2. The second-order valence-corrected chi connectivity index (χ2v) is 10.7. The summed E-state index contributed by atoms with van der Waals surface area (Å²) >= 11 is 0.635. The van der Waals surface area contributed by atoms with Crippen LogP contribution in [0.2, 0.25) is 0 Å². The standard InChI is InChI=1S/C25H29F2N4O4S/c1-4-30-24(34)20-22(33)21(32)17(13-31(20,2)25(30)9-7-16(35-3)8-10-25)23(29)36-19(28)11-14-5-6-15(26)12-18(14)27/h5-6,12-13,16,20,28-29H,4,7-11H2,1-3H3/q+1. The third kappa shape index (κ3) is 4.03. The summed E-state index contributed by atoms with van der Waals surface area (Å²) in [4.78, 5) is 41.4. The molecule has 4 rings (SSSR count). The molecular weight excluding hydrogens is 490 g/mol. The van der Waals surface area contributed by atoms with Crippen LogP contribution in [0.3, 0.4) is 0 Å². The smallest absolute Gasteiger partial charge is 0.294 e. The Morgan fingerprint density at radius 2 is 1.89 bits per heavy atom. The highest BCUT2D eigenvalue weighted by atomic mass is 32.2. The molecule has 1 aliphatic carbocycles. The summed E-state index contributed by atoms with van der Waals surface area (Å²) in [6, 6.07) is 1.83. The highest BCUT2D eigenvalue weighted by Crippen LogP contribution is 2.50. The first-order valence-corrected chi connectivity index (χ1v) is 12.6. The molecule has 2 unspecified atom stereocenters. The molecule has 3 aliphatic rings. The summed E-state index contributed by atoms with van der Waals surface area (Å²) in [5, 5.41) is 16.3. The molecule has 1 saturated heterocycles. The molecule has 2 fully saturated rings. The van der Waals surface area contributed by atoms with E-state index in [1.54, 1.807) is 19.1 Å². The minimum Gasteiger partial charge on any atom is -0.381 e. The first-order valence-electron chi connectivity index (χ1n) is 11.8. The number of benzene rings is 1. The lowest BCUT2D eigenvalue weighted by Crippen LogP contribution is -2.67. The number of nitrogens with one attached hydrogen (secondary N) is 2. The van der Waals surface area contributed by atoms with Gasteiger partial charge in [0.2, 0.25) is 11.8 Å². The minimum absolute atomic E-state index is 0.0434. The van der Waals surface area contributed by atoms with Gasteiger partial charge in [0.1, 0.15) is 28.5 Å². The first kappa shape index (κ1) is 26.3. The highest BCUT2D eigenvalue weighted by molar-refractivity contribution is 8.26. The fourth-order valence-corrected chi connectivity index (χ4v) is 6.65. The average molecular weight is 520 g/mol. The Hall–Kier alpha value is -2.76. The predicted molar refractivity (Wildman–Crippen MR) is 131 cm³/mol. The summed E-state index contributed by atoms with van der Waals surface area (Å²) in [6.07, 6.45) is 3.90. The monoisotopic (exact) mass is 519 g/mol. The van der Waals surface area contributed by atoms with Crippen molar-refractivity contribution in [3.63, 3.8) is 0 Å². The van der Waals surface area contributed by atoms with E-state index in [0.29, 0.717) is 44.0 Å². The van der Waals surface area contributed by atoms with Gasteiger partial charge in [0.15, 0.2) is 5.66 Å². The fraction of sp³-hybridized carbons (Fsp3) is 0.480. The van der Waals surface area contributed by atoms with E-state index < -0.39 is 34.9 Å². The van der Waals surface area contributed by atoms with Gasteiger partial charge in [-0.3, -0.25) is 34.6 Å². The molecule has 1 saturated carbocycles. The second-order valence-electron chi connectivity index (χ2n) is 9.55. The van der Waals surface area contributed by atoms with E-state index in [2.05, 4.69) is 0 Å². The van der Waals surface area contributed by atoms with Crippen LogP contribution in [0.4, 0.5) is 8.78 Å². The van der Waals surface area contributed by atoms with Crippen molar-refractivity contribution in [3.8, 4) is 0 Å². The largest absolute Gasteiger partial charge is 0.381 e. The molecule has 11 heteroatoms. The van der Waals surface area contributed by atoms with Gasteiger partial charge in [0, 0.05) is 39.0 Å². The van der Waals surface area contributed by atoms with Crippen molar-refractivity contribution in [1.29, 1.82) is 10.8 Å². The lowest BCUT2D eigenvalue weighted by atomic mass is 9.82. The summed E-state index contributed by atoms with van der Waals surface area (Å²) in [5.41, 5.74) is -0.825. The summed E-state index contributed by atoms with van der Waals surface area (Å²) in [7, 11) is 3.40. The Morgan fingerprint density at radius 1 is 1.22 bits per heavy atom. The normalized spacial score (nSPS) is 30.0. The number of thioether (sulfide) groups is 1. The van der Waals surface area contributed by atoms with Crippen molar-refractivity contribution in [2.24, 2.45) is 0 Å². The quantitative estimate of drug-likeness (QED) is 0.204. The molecule has 0 aromatic heterocycles. The van der Waals surface area contributed by atoms with Crippen molar-refractivity contribution in [2.75, 3.05) is 20.7 Å². The molecule has 192 valence electrons. The third-order valence-electron chi connectivity index (χ3n) is 7.77. The second kappa shape index (κ2) is 9.60. The van der Waals surface area contributed by atoms with Gasteiger partial charge in [0.05, 0.1) is 18.2 Å². The number of amides is 1. The Labute approximate surface area is 212 Å². The van der Waals surface area contributed by atoms with Crippen LogP contribution >= 0.6 is 11.8 Å². The van der Waals surface area contributed by atoms with Crippen molar-refractivity contribution in [3.05, 3.63) is 47.2 Å². The number of halogens is 2. The number of carbonyl (C=O) groups is 3. The predicted octanol–water partition coefficient (Wildman–Crippen LogP) is 3.19. The van der Waals surface area contributed by atoms with Crippen LogP contribution in [0.1, 0.15) is 38.2 Å². The van der Waals surface area contributed by atoms with Gasteiger partial charge in [-0.25, -0.2) is 8.78 Å². The topological polar surface area (TPSA) is 111 Å². The first-order chi connectivity index (χ1) is 17.0. The zero-order chi connectivity index (χ0) is 26.4. The number of nitrogens with zero attached hydrogens (tertiary/aromatic N) is 2. The molecule has 36 heavy (non-hydrogen) atoms. The molecule has 8 nitrogen and oxygen atoms in total. The number of likely N-dealkylation sites (N-methyl/N-ethyl adjacent to an activating group) is 2. The lowest BCUT2D eigenvalue weighted by Gasteiger charge is -2.51. The van der Waals surface area contributed by atoms with Crippen LogP contribution in [0.5, 0.6) is 0 Å². The Morgan fingerprint density at radius 3 is 2.47 bits per heavy atom. The van der Waals surface area contributed by atoms with E-state index in [1.165, 1.54) is 12.3 Å². The van der Waals surface area contributed by atoms with Gasteiger partial charge in [0.25, 0.3) is 11.7 Å². The molecule has 0 bridgehead atoms. The molecule has 0 radical (unpaired) electrons. The molecule has 2 atom stereocenters. The van der Waals surface area contributed by atoms with Gasteiger partial charge in [-0.15, -0.1) is 0 Å². The fourth-order valence-electron chi connectivity index (χ4n) is 5.92. The molecule has 2 heterocycles. The van der Waals surface area contributed by atoms with E-state index in [9.17, 15) is 23.2 Å². The molecule has 1 amide bonds. The number of hydrogen-bond acceptors (Lipinski definition) is 7. The Balaban J connectivity index is 1.65. The van der Waals surface area contributed by atoms with E-state index in [-0.39, 0.29) is 44.1 Å². The number of fused-ring (bicyclic) bond motifs is 2. The molecule has 2 aliphatic heterocycles. The van der Waals surface area contributed by atoms with Crippen molar-refractivity contribution < 1.29 is 32.4 Å². The third-order valence-corrected chi connectivity index (χ3v) is 8.58. The van der Waals surface area contributed by atoms with Crippen LogP contribution in [0, 0.1) is 22.5 Å². The maximum absolute atomic E-state index is 14.0. The molecular formula is C25H29F2N4O4S+. The van der Waals surface area contributed by atoms with Crippen LogP contribution in [-0.2, 0) is 25.5 Å². The summed E-state index contributed by atoms with van der Waals surface area (Å²) in [6.45, 7) is 2.23. The van der Waals surface area contributed by atoms with Crippen LogP contribution in [0.25, 0.3) is 0 Å². The maximum Gasteiger partial charge on any atom is 0.294 e. The van der Waals surface area contributed by atoms with Gasteiger partial charge >= 0.3 is 0 Å². The van der Waals surface area contributed by atoms with E-state index in [1.807, 2.05) is 6.92 Å². The SMILES string of the molecule is CCN1C(=O)C2C(=O)C(=O)C(C(=N)SC(=N)Cc3ccc(F)cc3F)=C[N+]2(C)C12CCC(OC)CC2. The Kier molecular flexibility index (Phi) is 7.02. The zero-order valence-electron chi connectivity index (χ0n) is 20.4. The van der Waals surface area contributed by atoms with Gasteiger partial charge in [-0.1, -0.05) is 17.8 Å². The van der Waals surface area contributed by atoms with Gasteiger partial charge < -0.3 is 4.74 Å². The number of Topliss-reactive ketones (excluding diaryl/α,β-unsaturated/α-hetero) is 2. The molecule has 1 aromatic rings. The minimum atomic E-state index is -1.20. The summed E-state index contributed by atoms with van der Waals surface area (Å²) < 4.78 is 32.6. The molecule has 2 N–H and O–H groups in total. The number of rotatable bonds is 5. The highest BCUT2D eigenvalue weighted by Gasteiger charge is 2.71. The van der Waals surface area contributed by atoms with Gasteiger partial charge in [-0.05, 0) is 31.4 Å². The van der Waals surface area contributed by atoms with Crippen LogP contribution in [0.15, 0.2) is 30.0 Å². The van der Waals surface area contributed by atoms with Gasteiger partial charge in [-0.2, -0.15) is 0 Å². The van der Waals surface area contributed by atoms with Crippen molar-refractivity contribution in [2.45, 2.75) is 56.8 Å². The number of quaternary nitrogens is 1. The number of hydrogen-bond donors (Lipinski definition) is 2. The number of methoxy groups -OCH3 is 1. The molecule has 1 spiro atoms. The van der Waals surface area contributed by atoms with Crippen molar-refractivity contribution in [1.82, 2.24) is 4.90 Å². The maximum atomic E-state index is 14.0. The lowest BCUT2D eigenvalue weighted by molar-refractivity contribution is -0.921. The molecule has 1 aromatic carbocycles. The number of carbonyl (C=O) groups excluding carboxylic acids is 3. The van der Waals surface area contributed by atoms with Crippen LogP contribution < -0.4 is 0 Å². The number of ether oxygens (including phenoxy) is 1. The Bertz CT molecular complexity index is 1190. The van der Waals surface area contributed by atoms with Crippen LogP contribution in [-0.4, -0.2) is 75.5 Å². The van der Waals surface area contributed by atoms with E-state index in [0.717, 1.165) is 12.1 Å².